The Kier molecular flexibility index (Phi) is 4.54. The van der Waals surface area contributed by atoms with Crippen LogP contribution in [0.15, 0.2) is 23.0 Å². The fraction of sp³-hybridized carbons (Fsp3) is 0.538. The van der Waals surface area contributed by atoms with Crippen molar-refractivity contribution in [2.24, 2.45) is 5.92 Å². The Labute approximate surface area is 118 Å². The largest absolute Gasteiger partial charge is 0.472 e. The summed E-state index contributed by atoms with van der Waals surface area (Å²) in [5, 5.41) is 4.61. The summed E-state index contributed by atoms with van der Waals surface area (Å²) in [4.78, 5) is 23.4. The number of rotatable bonds is 4. The van der Waals surface area contributed by atoms with Crippen molar-refractivity contribution in [3.05, 3.63) is 24.2 Å². The Balaban J connectivity index is 1.78. The van der Waals surface area contributed by atoms with E-state index in [-0.39, 0.29) is 11.9 Å². The average molecular weight is 304 g/mol. The Hall–Kier alpha value is -1.99. The van der Waals surface area contributed by atoms with Crippen LogP contribution in [0.25, 0.3) is 0 Å². The van der Waals surface area contributed by atoms with Gasteiger partial charge in [0.05, 0.1) is 11.8 Å². The molecule has 0 aliphatic heterocycles. The summed E-state index contributed by atoms with van der Waals surface area (Å²) >= 11 is 0. The Bertz CT molecular complexity index is 499. The first kappa shape index (κ1) is 15.4. The van der Waals surface area contributed by atoms with E-state index in [0.717, 1.165) is 0 Å². The molecule has 2 atom stereocenters. The normalized spacial score (nSPS) is 22.0. The van der Waals surface area contributed by atoms with E-state index < -0.39 is 24.5 Å². The monoisotopic (exact) mass is 304 g/mol. The summed E-state index contributed by atoms with van der Waals surface area (Å²) < 4.78 is 40.9. The summed E-state index contributed by atoms with van der Waals surface area (Å²) in [6.45, 7) is -1.33. The van der Waals surface area contributed by atoms with E-state index in [0.29, 0.717) is 24.8 Å². The molecule has 1 fully saturated rings. The van der Waals surface area contributed by atoms with Gasteiger partial charge in [0.2, 0.25) is 5.91 Å². The first-order valence-electron chi connectivity index (χ1n) is 6.52. The van der Waals surface area contributed by atoms with Gasteiger partial charge in [0.25, 0.3) is 5.91 Å². The van der Waals surface area contributed by atoms with E-state index in [1.54, 1.807) is 0 Å². The van der Waals surface area contributed by atoms with Crippen LogP contribution < -0.4 is 10.6 Å². The van der Waals surface area contributed by atoms with E-state index >= 15 is 0 Å². The van der Waals surface area contributed by atoms with Gasteiger partial charge in [-0.2, -0.15) is 13.2 Å². The lowest BCUT2D eigenvalue weighted by molar-refractivity contribution is -0.140. The topological polar surface area (TPSA) is 71.3 Å². The third-order valence-corrected chi connectivity index (χ3v) is 3.39. The van der Waals surface area contributed by atoms with Crippen LogP contribution in [-0.4, -0.2) is 30.6 Å². The molecule has 1 aromatic rings. The molecule has 21 heavy (non-hydrogen) atoms. The first-order valence-corrected chi connectivity index (χ1v) is 6.52. The van der Waals surface area contributed by atoms with Gasteiger partial charge < -0.3 is 15.1 Å². The molecule has 1 saturated carbocycles. The number of amides is 2. The lowest BCUT2D eigenvalue weighted by atomic mass is 10.1. The van der Waals surface area contributed by atoms with Crippen LogP contribution in [0.1, 0.15) is 29.6 Å². The highest BCUT2D eigenvalue weighted by molar-refractivity contribution is 5.94. The molecule has 0 radical (unpaired) electrons. The number of furan rings is 1. The van der Waals surface area contributed by atoms with E-state index in [9.17, 15) is 22.8 Å². The third-order valence-electron chi connectivity index (χ3n) is 3.39. The second-order valence-corrected chi connectivity index (χ2v) is 5.03. The van der Waals surface area contributed by atoms with Gasteiger partial charge in [0, 0.05) is 12.0 Å². The van der Waals surface area contributed by atoms with Crippen LogP contribution in [0.5, 0.6) is 0 Å². The number of hydrogen-bond donors (Lipinski definition) is 2. The maximum Gasteiger partial charge on any atom is 0.405 e. The van der Waals surface area contributed by atoms with Crippen molar-refractivity contribution >= 4 is 11.8 Å². The van der Waals surface area contributed by atoms with Crippen LogP contribution >= 0.6 is 0 Å². The maximum atomic E-state index is 12.0. The van der Waals surface area contributed by atoms with Gasteiger partial charge in [0.15, 0.2) is 0 Å². The van der Waals surface area contributed by atoms with Gasteiger partial charge in [-0.25, -0.2) is 0 Å². The van der Waals surface area contributed by atoms with Crippen LogP contribution in [0.4, 0.5) is 13.2 Å². The van der Waals surface area contributed by atoms with Gasteiger partial charge in [-0.3, -0.25) is 9.59 Å². The zero-order valence-electron chi connectivity index (χ0n) is 11.1. The lowest BCUT2D eigenvalue weighted by Crippen LogP contribution is -2.38. The minimum absolute atomic E-state index is 0.214. The van der Waals surface area contributed by atoms with Crippen molar-refractivity contribution in [1.82, 2.24) is 10.6 Å². The highest BCUT2D eigenvalue weighted by atomic mass is 19.4. The molecule has 2 amide bonds. The van der Waals surface area contributed by atoms with Crippen molar-refractivity contribution in [3.63, 3.8) is 0 Å². The van der Waals surface area contributed by atoms with Crippen LogP contribution in [-0.2, 0) is 4.79 Å². The summed E-state index contributed by atoms with van der Waals surface area (Å²) in [5.41, 5.74) is 0.375. The zero-order chi connectivity index (χ0) is 15.5. The van der Waals surface area contributed by atoms with Crippen LogP contribution in [0.2, 0.25) is 0 Å². The molecule has 8 heteroatoms. The Morgan fingerprint density at radius 3 is 2.71 bits per heavy atom. The van der Waals surface area contributed by atoms with E-state index in [2.05, 4.69) is 5.32 Å². The van der Waals surface area contributed by atoms with E-state index in [1.165, 1.54) is 18.6 Å². The highest BCUT2D eigenvalue weighted by Crippen LogP contribution is 2.26. The van der Waals surface area contributed by atoms with Crippen molar-refractivity contribution in [1.29, 1.82) is 0 Å². The van der Waals surface area contributed by atoms with Crippen LogP contribution in [0, 0.1) is 5.92 Å². The molecule has 0 spiro atoms. The first-order chi connectivity index (χ1) is 9.85. The molecule has 5 nitrogen and oxygen atoms in total. The predicted molar refractivity (Wildman–Crippen MR) is 66.4 cm³/mol. The van der Waals surface area contributed by atoms with Crippen molar-refractivity contribution in [2.75, 3.05) is 6.54 Å². The third kappa shape index (κ3) is 4.51. The number of hydrogen-bond acceptors (Lipinski definition) is 3. The molecule has 0 aromatic carbocycles. The van der Waals surface area contributed by atoms with Gasteiger partial charge in [-0.15, -0.1) is 0 Å². The van der Waals surface area contributed by atoms with Crippen molar-refractivity contribution in [2.45, 2.75) is 31.5 Å². The SMILES string of the molecule is O=C(N[C@H]1CC[C@@H](C(=O)NCC(F)(F)F)C1)c1ccoc1. The molecule has 0 unspecified atom stereocenters. The molecular formula is C13H15F3N2O3. The fourth-order valence-electron chi connectivity index (χ4n) is 2.34. The Morgan fingerprint density at radius 2 is 2.10 bits per heavy atom. The summed E-state index contributed by atoms with van der Waals surface area (Å²) in [6, 6.07) is 1.30. The smallest absolute Gasteiger partial charge is 0.405 e. The van der Waals surface area contributed by atoms with Crippen molar-refractivity contribution < 1.29 is 27.2 Å². The number of nitrogens with one attached hydrogen (secondary N) is 2. The molecule has 1 heterocycles. The van der Waals surface area contributed by atoms with Gasteiger partial charge in [-0.05, 0) is 25.3 Å². The zero-order valence-corrected chi connectivity index (χ0v) is 11.1. The quantitative estimate of drug-likeness (QED) is 0.892. The van der Waals surface area contributed by atoms with Gasteiger partial charge >= 0.3 is 6.18 Å². The maximum absolute atomic E-state index is 12.0. The number of carbonyl (C=O) groups excluding carboxylic acids is 2. The molecule has 116 valence electrons. The number of alkyl halides is 3. The molecule has 2 N–H and O–H groups in total. The second-order valence-electron chi connectivity index (χ2n) is 5.03. The number of carbonyl (C=O) groups is 2. The summed E-state index contributed by atoms with van der Waals surface area (Å²) in [7, 11) is 0. The highest BCUT2D eigenvalue weighted by Gasteiger charge is 2.33. The van der Waals surface area contributed by atoms with Gasteiger partial charge in [-0.1, -0.05) is 0 Å². The molecule has 1 aromatic heterocycles. The predicted octanol–water partition coefficient (Wildman–Crippen LogP) is 1.86. The second kappa shape index (κ2) is 6.19. The minimum Gasteiger partial charge on any atom is -0.472 e. The lowest BCUT2D eigenvalue weighted by Gasteiger charge is -2.14. The molecule has 2 rings (SSSR count). The molecule has 0 saturated heterocycles. The average Bonchev–Trinajstić information content (AvgIpc) is 3.05. The van der Waals surface area contributed by atoms with E-state index in [1.807, 2.05) is 5.32 Å². The van der Waals surface area contributed by atoms with E-state index in [4.69, 9.17) is 4.42 Å². The Morgan fingerprint density at radius 1 is 1.33 bits per heavy atom. The molecule has 0 bridgehead atoms. The molecule has 1 aliphatic rings. The van der Waals surface area contributed by atoms with Gasteiger partial charge in [0.1, 0.15) is 12.8 Å². The summed E-state index contributed by atoms with van der Waals surface area (Å²) in [5.74, 6) is -1.43. The summed E-state index contributed by atoms with van der Waals surface area (Å²) in [6.07, 6.45) is -0.376. The molecule has 1 aliphatic carbocycles. The molecular weight excluding hydrogens is 289 g/mol. The fourth-order valence-corrected chi connectivity index (χ4v) is 2.34. The minimum atomic E-state index is -4.41. The van der Waals surface area contributed by atoms with Crippen molar-refractivity contribution in [3.8, 4) is 0 Å². The number of halogens is 3. The standard InChI is InChI=1S/C13H15F3N2O3/c14-13(15,16)7-17-11(19)8-1-2-10(5-8)18-12(20)9-3-4-21-6-9/h3-4,6,8,10H,1-2,5,7H2,(H,17,19)(H,18,20)/t8-,10+/m1/s1. The van der Waals surface area contributed by atoms with Crippen LogP contribution in [0.3, 0.4) is 0 Å².